The molecule has 21 heavy (non-hydrogen) atoms. The molecule has 1 amide bonds. The molecular weight excluding hydrogens is 266 g/mol. The summed E-state index contributed by atoms with van der Waals surface area (Å²) in [7, 11) is 0. The van der Waals surface area contributed by atoms with Crippen LogP contribution in [0.3, 0.4) is 0 Å². The van der Waals surface area contributed by atoms with Crippen LogP contribution in [0.25, 0.3) is 0 Å². The fraction of sp³-hybridized carbons (Fsp3) is 0.588. The van der Waals surface area contributed by atoms with Gasteiger partial charge in [0.25, 0.3) is 0 Å². The first kappa shape index (κ1) is 15.8. The molecule has 1 fully saturated rings. The van der Waals surface area contributed by atoms with Crippen molar-refractivity contribution in [3.05, 3.63) is 35.9 Å². The topological polar surface area (TPSA) is 38.8 Å². The van der Waals surface area contributed by atoms with Crippen molar-refractivity contribution < 1.29 is 14.3 Å². The van der Waals surface area contributed by atoms with E-state index in [1.54, 1.807) is 4.90 Å². The molecule has 0 aromatic heterocycles. The molecule has 1 aromatic carbocycles. The van der Waals surface area contributed by atoms with Crippen LogP contribution in [0.1, 0.15) is 45.6 Å². The number of benzene rings is 1. The van der Waals surface area contributed by atoms with Gasteiger partial charge in [-0.3, -0.25) is 4.90 Å². The molecule has 2 rings (SSSR count). The van der Waals surface area contributed by atoms with E-state index in [2.05, 4.69) is 0 Å². The van der Waals surface area contributed by atoms with Gasteiger partial charge in [-0.2, -0.15) is 0 Å². The van der Waals surface area contributed by atoms with Crippen molar-refractivity contribution in [1.29, 1.82) is 0 Å². The molecule has 1 atom stereocenters. The zero-order chi connectivity index (χ0) is 15.3. The third kappa shape index (κ3) is 5.05. The van der Waals surface area contributed by atoms with Crippen LogP contribution in [0.15, 0.2) is 30.3 Å². The summed E-state index contributed by atoms with van der Waals surface area (Å²) >= 11 is 0. The molecule has 0 spiro atoms. The normalized spacial score (nSPS) is 19.4. The van der Waals surface area contributed by atoms with E-state index in [1.807, 2.05) is 51.1 Å². The molecule has 116 valence electrons. The maximum Gasteiger partial charge on any atom is 0.412 e. The van der Waals surface area contributed by atoms with Crippen molar-refractivity contribution in [2.24, 2.45) is 0 Å². The predicted octanol–water partition coefficient (Wildman–Crippen LogP) is 3.95. The number of carbonyl (C=O) groups is 1. The first-order valence-corrected chi connectivity index (χ1v) is 7.61. The highest BCUT2D eigenvalue weighted by atomic mass is 16.6. The Labute approximate surface area is 127 Å². The first-order chi connectivity index (χ1) is 9.96. The van der Waals surface area contributed by atoms with Gasteiger partial charge in [-0.05, 0) is 45.6 Å². The van der Waals surface area contributed by atoms with Gasteiger partial charge in [0, 0.05) is 6.54 Å². The van der Waals surface area contributed by atoms with Crippen LogP contribution in [-0.2, 0) is 16.1 Å². The quantitative estimate of drug-likeness (QED) is 0.846. The molecule has 4 nitrogen and oxygen atoms in total. The summed E-state index contributed by atoms with van der Waals surface area (Å²) in [6, 6.07) is 9.73. The van der Waals surface area contributed by atoms with Gasteiger partial charge in [0.05, 0.1) is 5.60 Å². The van der Waals surface area contributed by atoms with E-state index in [4.69, 9.17) is 9.47 Å². The molecule has 1 unspecified atom stereocenters. The number of nitrogens with zero attached hydrogens (tertiary/aromatic N) is 1. The Morgan fingerprint density at radius 2 is 1.95 bits per heavy atom. The van der Waals surface area contributed by atoms with Crippen LogP contribution in [0.2, 0.25) is 0 Å². The molecule has 4 heteroatoms. The average Bonchev–Trinajstić information content (AvgIpc) is 2.45. The van der Waals surface area contributed by atoms with Crippen LogP contribution < -0.4 is 0 Å². The van der Waals surface area contributed by atoms with Gasteiger partial charge in [-0.1, -0.05) is 30.3 Å². The Morgan fingerprint density at radius 3 is 2.62 bits per heavy atom. The number of hydrogen-bond acceptors (Lipinski definition) is 3. The van der Waals surface area contributed by atoms with E-state index in [9.17, 15) is 4.79 Å². The van der Waals surface area contributed by atoms with Gasteiger partial charge in [-0.25, -0.2) is 4.79 Å². The second-order valence-electron chi connectivity index (χ2n) is 6.41. The van der Waals surface area contributed by atoms with E-state index in [1.165, 1.54) is 0 Å². The standard InChI is InChI=1S/C17H25NO3/c1-17(2,3)21-15-11-7-8-12-18(15)16(19)20-13-14-9-5-4-6-10-14/h4-6,9-10,15H,7-8,11-13H2,1-3H3. The molecule has 0 bridgehead atoms. The summed E-state index contributed by atoms with van der Waals surface area (Å²) in [5.74, 6) is 0. The molecule has 1 aromatic rings. The summed E-state index contributed by atoms with van der Waals surface area (Å²) < 4.78 is 11.4. The smallest absolute Gasteiger partial charge is 0.412 e. The zero-order valence-electron chi connectivity index (χ0n) is 13.2. The predicted molar refractivity (Wildman–Crippen MR) is 81.8 cm³/mol. The number of ether oxygens (including phenoxy) is 2. The maximum absolute atomic E-state index is 12.3. The van der Waals surface area contributed by atoms with Crippen LogP contribution >= 0.6 is 0 Å². The van der Waals surface area contributed by atoms with E-state index < -0.39 is 0 Å². The van der Waals surface area contributed by atoms with Crippen molar-refractivity contribution in [3.63, 3.8) is 0 Å². The maximum atomic E-state index is 12.3. The third-order valence-electron chi connectivity index (χ3n) is 3.38. The second kappa shape index (κ2) is 6.94. The third-order valence-corrected chi connectivity index (χ3v) is 3.38. The number of amides is 1. The summed E-state index contributed by atoms with van der Waals surface area (Å²) in [4.78, 5) is 14.0. The highest BCUT2D eigenvalue weighted by Crippen LogP contribution is 2.23. The fourth-order valence-electron chi connectivity index (χ4n) is 2.44. The molecule has 1 aliphatic heterocycles. The van der Waals surface area contributed by atoms with Gasteiger partial charge >= 0.3 is 6.09 Å². The minimum Gasteiger partial charge on any atom is -0.444 e. The van der Waals surface area contributed by atoms with Crippen molar-refractivity contribution in [3.8, 4) is 0 Å². The highest BCUT2D eigenvalue weighted by molar-refractivity contribution is 5.68. The van der Waals surface area contributed by atoms with Gasteiger partial charge in [0.2, 0.25) is 0 Å². The zero-order valence-corrected chi connectivity index (χ0v) is 13.2. The van der Waals surface area contributed by atoms with E-state index >= 15 is 0 Å². The molecule has 1 heterocycles. The minimum atomic E-state index is -0.284. The molecule has 1 saturated heterocycles. The van der Waals surface area contributed by atoms with Crippen molar-refractivity contribution >= 4 is 6.09 Å². The lowest BCUT2D eigenvalue weighted by Gasteiger charge is -2.38. The number of piperidine rings is 1. The molecular formula is C17H25NO3. The Morgan fingerprint density at radius 1 is 1.24 bits per heavy atom. The molecule has 0 saturated carbocycles. The largest absolute Gasteiger partial charge is 0.444 e. The Hall–Kier alpha value is -1.55. The monoisotopic (exact) mass is 291 g/mol. The summed E-state index contributed by atoms with van der Waals surface area (Å²) in [5.41, 5.74) is 0.733. The fourth-order valence-corrected chi connectivity index (χ4v) is 2.44. The van der Waals surface area contributed by atoms with Crippen molar-refractivity contribution in [1.82, 2.24) is 4.90 Å². The molecule has 0 N–H and O–H groups in total. The van der Waals surface area contributed by atoms with Crippen LogP contribution in [-0.4, -0.2) is 29.4 Å². The number of likely N-dealkylation sites (tertiary alicyclic amines) is 1. The van der Waals surface area contributed by atoms with Crippen molar-refractivity contribution in [2.75, 3.05) is 6.54 Å². The number of rotatable bonds is 3. The molecule has 0 radical (unpaired) electrons. The Balaban J connectivity index is 1.92. The summed E-state index contributed by atoms with van der Waals surface area (Å²) in [6.45, 7) is 7.03. The first-order valence-electron chi connectivity index (χ1n) is 7.61. The van der Waals surface area contributed by atoms with Gasteiger partial charge in [-0.15, -0.1) is 0 Å². The number of carbonyl (C=O) groups excluding carboxylic acids is 1. The highest BCUT2D eigenvalue weighted by Gasteiger charge is 2.31. The SMILES string of the molecule is CC(C)(C)OC1CCCCN1C(=O)OCc1ccccc1. The van der Waals surface area contributed by atoms with E-state index in [0.717, 1.165) is 24.8 Å². The molecule has 0 aliphatic carbocycles. The Bertz CT molecular complexity index is 453. The lowest BCUT2D eigenvalue weighted by atomic mass is 10.1. The van der Waals surface area contributed by atoms with Crippen LogP contribution in [0.5, 0.6) is 0 Å². The number of hydrogen-bond donors (Lipinski definition) is 0. The van der Waals surface area contributed by atoms with Gasteiger partial charge in [0.1, 0.15) is 12.8 Å². The van der Waals surface area contributed by atoms with Gasteiger partial charge < -0.3 is 9.47 Å². The second-order valence-corrected chi connectivity index (χ2v) is 6.41. The summed E-state index contributed by atoms with van der Waals surface area (Å²) in [5, 5.41) is 0. The molecule has 1 aliphatic rings. The lowest BCUT2D eigenvalue weighted by Crippen LogP contribution is -2.48. The Kier molecular flexibility index (Phi) is 5.23. The average molecular weight is 291 g/mol. The van der Waals surface area contributed by atoms with Crippen molar-refractivity contribution in [2.45, 2.75) is 58.5 Å². The van der Waals surface area contributed by atoms with E-state index in [-0.39, 0.29) is 17.9 Å². The lowest BCUT2D eigenvalue weighted by molar-refractivity contribution is -0.137. The summed E-state index contributed by atoms with van der Waals surface area (Å²) in [6.07, 6.45) is 2.50. The minimum absolute atomic E-state index is 0.179. The van der Waals surface area contributed by atoms with Crippen LogP contribution in [0.4, 0.5) is 4.79 Å². The van der Waals surface area contributed by atoms with Gasteiger partial charge in [0.15, 0.2) is 0 Å². The van der Waals surface area contributed by atoms with Crippen LogP contribution in [0, 0.1) is 0 Å². The van der Waals surface area contributed by atoms with E-state index in [0.29, 0.717) is 13.2 Å².